The molecule has 0 radical (unpaired) electrons. The van der Waals surface area contributed by atoms with Gasteiger partial charge in [-0.15, -0.1) is 5.10 Å². The molecule has 3 aromatic heterocycles. The Bertz CT molecular complexity index is 831. The molecule has 0 aromatic carbocycles. The molecular formula is C11H9N5O4. The van der Waals surface area contributed by atoms with Gasteiger partial charge in [0.15, 0.2) is 16.9 Å². The van der Waals surface area contributed by atoms with E-state index in [2.05, 4.69) is 15.3 Å². The van der Waals surface area contributed by atoms with E-state index >= 15 is 0 Å². The topological polar surface area (TPSA) is 116 Å². The van der Waals surface area contributed by atoms with Gasteiger partial charge in [0.2, 0.25) is 0 Å². The predicted octanol–water partition coefficient (Wildman–Crippen LogP) is -0.0206. The molecule has 3 heterocycles. The summed E-state index contributed by atoms with van der Waals surface area (Å²) in [5.74, 6) is -1.67. The average molecular weight is 275 g/mol. The summed E-state index contributed by atoms with van der Waals surface area (Å²) in [7, 11) is 0. The van der Waals surface area contributed by atoms with Crippen LogP contribution in [0.15, 0.2) is 33.7 Å². The number of rotatable bonds is 4. The summed E-state index contributed by atoms with van der Waals surface area (Å²) in [5, 5.41) is 15.9. The molecule has 9 heteroatoms. The molecule has 0 bridgehead atoms. The van der Waals surface area contributed by atoms with Crippen LogP contribution in [0.4, 0.5) is 0 Å². The number of carboxylic acids is 1. The summed E-state index contributed by atoms with van der Waals surface area (Å²) in [6, 6.07) is 3.32. The van der Waals surface area contributed by atoms with Crippen LogP contribution in [-0.4, -0.2) is 35.6 Å². The van der Waals surface area contributed by atoms with Crippen molar-refractivity contribution in [3.05, 3.63) is 40.8 Å². The van der Waals surface area contributed by atoms with Crippen molar-refractivity contribution >= 4 is 17.2 Å². The van der Waals surface area contributed by atoms with Crippen molar-refractivity contribution < 1.29 is 14.3 Å². The SMILES string of the molecule is O=C(O)c1cn(CCn2c(=O)oc3cccnc32)nn1. The van der Waals surface area contributed by atoms with Crippen molar-refractivity contribution in [2.75, 3.05) is 0 Å². The number of fused-ring (bicyclic) bond motifs is 1. The van der Waals surface area contributed by atoms with Gasteiger partial charge in [0.1, 0.15) is 0 Å². The van der Waals surface area contributed by atoms with E-state index in [0.29, 0.717) is 11.2 Å². The average Bonchev–Trinajstić information content (AvgIpc) is 3.00. The molecule has 3 rings (SSSR count). The number of carbonyl (C=O) groups is 1. The van der Waals surface area contributed by atoms with Gasteiger partial charge in [0, 0.05) is 6.20 Å². The van der Waals surface area contributed by atoms with E-state index in [0.717, 1.165) is 0 Å². The molecule has 102 valence electrons. The molecule has 20 heavy (non-hydrogen) atoms. The van der Waals surface area contributed by atoms with Gasteiger partial charge in [-0.3, -0.25) is 4.57 Å². The van der Waals surface area contributed by atoms with Crippen molar-refractivity contribution in [1.82, 2.24) is 24.5 Å². The molecule has 0 aliphatic carbocycles. The van der Waals surface area contributed by atoms with Gasteiger partial charge in [-0.2, -0.15) is 0 Å². The summed E-state index contributed by atoms with van der Waals surface area (Å²) in [6.45, 7) is 0.538. The third kappa shape index (κ3) is 2.05. The smallest absolute Gasteiger partial charge is 0.421 e. The first-order valence-electron chi connectivity index (χ1n) is 5.73. The summed E-state index contributed by atoms with van der Waals surface area (Å²) in [4.78, 5) is 26.4. The van der Waals surface area contributed by atoms with Crippen molar-refractivity contribution in [2.45, 2.75) is 13.1 Å². The van der Waals surface area contributed by atoms with Crippen LogP contribution in [0.5, 0.6) is 0 Å². The summed E-state index contributed by atoms with van der Waals surface area (Å²) >= 11 is 0. The Morgan fingerprint density at radius 3 is 3.00 bits per heavy atom. The Balaban J connectivity index is 1.84. The van der Waals surface area contributed by atoms with Gasteiger partial charge in [-0.25, -0.2) is 19.3 Å². The Morgan fingerprint density at radius 2 is 2.25 bits per heavy atom. The predicted molar refractivity (Wildman–Crippen MR) is 65.3 cm³/mol. The Hall–Kier alpha value is -2.97. The van der Waals surface area contributed by atoms with Gasteiger partial charge in [-0.1, -0.05) is 5.21 Å². The van der Waals surface area contributed by atoms with Crippen LogP contribution in [0.2, 0.25) is 0 Å². The molecule has 0 aliphatic rings. The highest BCUT2D eigenvalue weighted by atomic mass is 16.4. The van der Waals surface area contributed by atoms with Gasteiger partial charge in [-0.05, 0) is 12.1 Å². The van der Waals surface area contributed by atoms with Crippen LogP contribution < -0.4 is 5.76 Å². The van der Waals surface area contributed by atoms with Crippen molar-refractivity contribution in [3.8, 4) is 0 Å². The minimum atomic E-state index is -1.15. The standard InChI is InChI=1S/C11H9N5O4/c17-10(18)7-6-15(14-13-7)4-5-16-9-8(20-11(16)19)2-1-3-12-9/h1-3,6H,4-5H2,(H,17,18). The molecule has 0 spiro atoms. The van der Waals surface area contributed by atoms with Crippen LogP contribution >= 0.6 is 0 Å². The van der Waals surface area contributed by atoms with Gasteiger partial charge in [0.25, 0.3) is 0 Å². The second-order valence-corrected chi connectivity index (χ2v) is 4.02. The normalized spacial score (nSPS) is 11.0. The third-order valence-electron chi connectivity index (χ3n) is 2.73. The minimum Gasteiger partial charge on any atom is -0.476 e. The highest BCUT2D eigenvalue weighted by Gasteiger charge is 2.11. The Morgan fingerprint density at radius 1 is 1.40 bits per heavy atom. The van der Waals surface area contributed by atoms with E-state index in [1.165, 1.54) is 15.4 Å². The molecule has 3 aromatic rings. The van der Waals surface area contributed by atoms with Gasteiger partial charge in [0.05, 0.1) is 19.3 Å². The molecule has 0 aliphatic heterocycles. The lowest BCUT2D eigenvalue weighted by Gasteiger charge is -2.00. The number of aromatic nitrogens is 5. The monoisotopic (exact) mass is 275 g/mol. The van der Waals surface area contributed by atoms with Crippen molar-refractivity contribution in [1.29, 1.82) is 0 Å². The van der Waals surface area contributed by atoms with Crippen molar-refractivity contribution in [2.24, 2.45) is 0 Å². The Kier molecular flexibility index (Phi) is 2.78. The lowest BCUT2D eigenvalue weighted by Crippen LogP contribution is -2.18. The summed E-state index contributed by atoms with van der Waals surface area (Å²) in [6.07, 6.45) is 2.86. The number of nitrogens with zero attached hydrogens (tertiary/aromatic N) is 5. The highest BCUT2D eigenvalue weighted by Crippen LogP contribution is 2.08. The first-order chi connectivity index (χ1) is 9.65. The maximum atomic E-state index is 11.7. The van der Waals surface area contributed by atoms with E-state index in [1.54, 1.807) is 18.3 Å². The third-order valence-corrected chi connectivity index (χ3v) is 2.73. The van der Waals surface area contributed by atoms with E-state index in [1.807, 2.05) is 0 Å². The fourth-order valence-electron chi connectivity index (χ4n) is 1.81. The van der Waals surface area contributed by atoms with Crippen LogP contribution in [0.3, 0.4) is 0 Å². The number of aromatic carboxylic acids is 1. The molecule has 0 saturated heterocycles. The zero-order valence-corrected chi connectivity index (χ0v) is 10.1. The first kappa shape index (κ1) is 12.1. The lowest BCUT2D eigenvalue weighted by molar-refractivity contribution is 0.0690. The number of carboxylic acid groups (broad SMARTS) is 1. The van der Waals surface area contributed by atoms with E-state index in [9.17, 15) is 9.59 Å². The summed E-state index contributed by atoms with van der Waals surface area (Å²) < 4.78 is 7.74. The number of pyridine rings is 1. The Labute approximate surface area is 111 Å². The number of oxazole rings is 1. The molecule has 0 saturated carbocycles. The number of hydrogen-bond acceptors (Lipinski definition) is 6. The molecular weight excluding hydrogens is 266 g/mol. The molecule has 0 unspecified atom stereocenters. The number of hydrogen-bond donors (Lipinski definition) is 1. The fraction of sp³-hybridized carbons (Fsp3) is 0.182. The number of aryl methyl sites for hydroxylation is 2. The molecule has 0 amide bonds. The zero-order chi connectivity index (χ0) is 14.1. The quantitative estimate of drug-likeness (QED) is 0.711. The van der Waals surface area contributed by atoms with Crippen LogP contribution in [0.1, 0.15) is 10.5 Å². The highest BCUT2D eigenvalue weighted by molar-refractivity contribution is 5.84. The second-order valence-electron chi connectivity index (χ2n) is 4.02. The van der Waals surface area contributed by atoms with Crippen LogP contribution in [-0.2, 0) is 13.1 Å². The maximum absolute atomic E-state index is 11.7. The van der Waals surface area contributed by atoms with Gasteiger partial charge >= 0.3 is 11.7 Å². The minimum absolute atomic E-state index is 0.146. The fourth-order valence-corrected chi connectivity index (χ4v) is 1.81. The largest absolute Gasteiger partial charge is 0.476 e. The van der Waals surface area contributed by atoms with Crippen LogP contribution in [0, 0.1) is 0 Å². The molecule has 0 fully saturated rings. The second kappa shape index (κ2) is 4.61. The van der Waals surface area contributed by atoms with Gasteiger partial charge < -0.3 is 9.52 Å². The molecule has 9 nitrogen and oxygen atoms in total. The van der Waals surface area contributed by atoms with E-state index < -0.39 is 11.7 Å². The molecule has 1 N–H and O–H groups in total. The molecule has 0 atom stereocenters. The summed E-state index contributed by atoms with van der Waals surface area (Å²) in [5.41, 5.74) is 0.700. The lowest BCUT2D eigenvalue weighted by atomic mass is 10.4. The van der Waals surface area contributed by atoms with Crippen molar-refractivity contribution in [3.63, 3.8) is 0 Å². The van der Waals surface area contributed by atoms with Crippen LogP contribution in [0.25, 0.3) is 11.2 Å². The first-order valence-corrected chi connectivity index (χ1v) is 5.73. The zero-order valence-electron chi connectivity index (χ0n) is 10.1. The van der Waals surface area contributed by atoms with E-state index in [-0.39, 0.29) is 18.8 Å². The van der Waals surface area contributed by atoms with E-state index in [4.69, 9.17) is 9.52 Å². The maximum Gasteiger partial charge on any atom is 0.421 e.